The fourth-order valence-corrected chi connectivity index (χ4v) is 4.26. The zero-order valence-corrected chi connectivity index (χ0v) is 17.1. The predicted molar refractivity (Wildman–Crippen MR) is 114 cm³/mol. The predicted octanol–water partition coefficient (Wildman–Crippen LogP) is 3.17. The molecule has 1 aliphatic rings. The van der Waals surface area contributed by atoms with Crippen LogP contribution in [0.5, 0.6) is 5.88 Å². The van der Waals surface area contributed by atoms with Gasteiger partial charge >= 0.3 is 0 Å². The molecule has 0 unspecified atom stereocenters. The molecule has 3 N–H and O–H groups in total. The summed E-state index contributed by atoms with van der Waals surface area (Å²) in [6.45, 7) is 2.04. The van der Waals surface area contributed by atoms with Gasteiger partial charge in [0.15, 0.2) is 5.65 Å². The Morgan fingerprint density at radius 2 is 2.13 bits per heavy atom. The van der Waals surface area contributed by atoms with Crippen LogP contribution in [0.25, 0.3) is 27.8 Å². The number of nitrogens with zero attached hydrogens (tertiary/aromatic N) is 5. The molecule has 9 heteroatoms. The molecule has 9 nitrogen and oxygen atoms in total. The number of ether oxygens (including phenoxy) is 1. The molecule has 0 bridgehead atoms. The van der Waals surface area contributed by atoms with Gasteiger partial charge in [-0.05, 0) is 44.2 Å². The summed E-state index contributed by atoms with van der Waals surface area (Å²) in [5, 5.41) is 22.7. The van der Waals surface area contributed by atoms with Crippen molar-refractivity contribution in [2.24, 2.45) is 0 Å². The number of H-pyrrole nitrogens is 1. The molecule has 0 amide bonds. The Morgan fingerprint density at radius 3 is 2.90 bits per heavy atom. The maximum Gasteiger partial charge on any atom is 0.228 e. The molecule has 4 aromatic heterocycles. The number of aromatic amines is 1. The maximum atomic E-state index is 10.5. The molecule has 156 valence electrons. The molecule has 0 aliphatic heterocycles. The summed E-state index contributed by atoms with van der Waals surface area (Å²) in [5.74, 6) is 1.05. The monoisotopic (exact) mass is 407 g/mol. The zero-order valence-electron chi connectivity index (χ0n) is 17.1. The van der Waals surface area contributed by atoms with Crippen LogP contribution >= 0.6 is 0 Å². The second-order valence-corrected chi connectivity index (χ2v) is 7.99. The van der Waals surface area contributed by atoms with Gasteiger partial charge in [0.2, 0.25) is 11.8 Å². The highest BCUT2D eigenvalue weighted by atomic mass is 16.5. The van der Waals surface area contributed by atoms with E-state index in [1.807, 2.05) is 35.9 Å². The normalized spacial score (nSPS) is 21.9. The number of aliphatic hydroxyl groups is 1. The minimum Gasteiger partial charge on any atom is -0.480 e. The quantitative estimate of drug-likeness (QED) is 0.466. The molecule has 4 heterocycles. The molecule has 0 spiro atoms. The van der Waals surface area contributed by atoms with E-state index in [4.69, 9.17) is 4.74 Å². The van der Waals surface area contributed by atoms with Crippen molar-refractivity contribution in [3.63, 3.8) is 0 Å². The molecule has 0 aromatic carbocycles. The van der Waals surface area contributed by atoms with Gasteiger partial charge in [0, 0.05) is 29.6 Å². The number of aromatic nitrogens is 6. The summed E-state index contributed by atoms with van der Waals surface area (Å²) in [7, 11) is 1.62. The topological polar surface area (TPSA) is 113 Å². The van der Waals surface area contributed by atoms with Crippen molar-refractivity contribution in [2.75, 3.05) is 12.4 Å². The van der Waals surface area contributed by atoms with Crippen LogP contribution in [0, 0.1) is 0 Å². The van der Waals surface area contributed by atoms with Crippen LogP contribution in [-0.2, 0) is 0 Å². The van der Waals surface area contributed by atoms with E-state index in [1.165, 1.54) is 0 Å². The number of rotatable bonds is 5. The van der Waals surface area contributed by atoms with Gasteiger partial charge in [-0.1, -0.05) is 6.92 Å². The smallest absolute Gasteiger partial charge is 0.228 e. The fraction of sp³-hybridized carbons (Fsp3) is 0.429. The number of fused-ring (bicyclic) bond motifs is 2. The Hall–Kier alpha value is -3.20. The Kier molecular flexibility index (Phi) is 4.54. The summed E-state index contributed by atoms with van der Waals surface area (Å²) in [6.07, 6.45) is 9.72. The highest BCUT2D eigenvalue weighted by Crippen LogP contribution is 2.35. The van der Waals surface area contributed by atoms with Crippen molar-refractivity contribution < 1.29 is 9.84 Å². The summed E-state index contributed by atoms with van der Waals surface area (Å²) in [6, 6.07) is 4.16. The first-order valence-corrected chi connectivity index (χ1v) is 10.3. The Bertz CT molecular complexity index is 1190. The first-order valence-electron chi connectivity index (χ1n) is 10.3. The van der Waals surface area contributed by atoms with Gasteiger partial charge in [-0.15, -0.1) is 10.2 Å². The van der Waals surface area contributed by atoms with Crippen LogP contribution < -0.4 is 10.1 Å². The second kappa shape index (κ2) is 7.24. The minimum absolute atomic E-state index is 0.240. The van der Waals surface area contributed by atoms with Crippen LogP contribution in [0.4, 0.5) is 5.95 Å². The summed E-state index contributed by atoms with van der Waals surface area (Å²) >= 11 is 0. The van der Waals surface area contributed by atoms with Crippen molar-refractivity contribution in [1.82, 2.24) is 29.5 Å². The van der Waals surface area contributed by atoms with Crippen LogP contribution in [0.3, 0.4) is 0 Å². The Morgan fingerprint density at radius 1 is 1.30 bits per heavy atom. The second-order valence-electron chi connectivity index (χ2n) is 7.99. The Labute approximate surface area is 173 Å². The summed E-state index contributed by atoms with van der Waals surface area (Å²) in [4.78, 5) is 12.6. The molecule has 1 fully saturated rings. The van der Waals surface area contributed by atoms with E-state index < -0.39 is 5.60 Å². The van der Waals surface area contributed by atoms with Crippen LogP contribution in [-0.4, -0.2) is 53.4 Å². The van der Waals surface area contributed by atoms with E-state index in [1.54, 1.807) is 13.4 Å². The fourth-order valence-electron chi connectivity index (χ4n) is 4.26. The highest BCUT2D eigenvalue weighted by molar-refractivity contribution is 5.97. The Balaban J connectivity index is 1.46. The lowest BCUT2D eigenvalue weighted by Crippen LogP contribution is -2.38. The summed E-state index contributed by atoms with van der Waals surface area (Å²) < 4.78 is 7.49. The molecular formula is C21H25N7O2. The molecule has 1 aliphatic carbocycles. The van der Waals surface area contributed by atoms with Gasteiger partial charge in [-0.2, -0.15) is 9.97 Å². The summed E-state index contributed by atoms with van der Waals surface area (Å²) in [5.41, 5.74) is 2.91. The lowest BCUT2D eigenvalue weighted by molar-refractivity contribution is -0.00198. The number of hydrogen-bond acceptors (Lipinski definition) is 7. The first-order chi connectivity index (χ1) is 14.6. The number of pyridine rings is 1. The van der Waals surface area contributed by atoms with Crippen LogP contribution in [0.15, 0.2) is 30.9 Å². The largest absolute Gasteiger partial charge is 0.480 e. The SMILES string of the molecule is CC[C@]1(O)CC[C@@H](Nc2nc(OC)c3c(-c4ccc5nncn5c4)c[nH]c3n2)CC1. The third-order valence-electron chi connectivity index (χ3n) is 6.20. The van der Waals surface area contributed by atoms with E-state index in [9.17, 15) is 5.11 Å². The minimum atomic E-state index is -0.527. The third kappa shape index (κ3) is 3.24. The van der Waals surface area contributed by atoms with Crippen LogP contribution in [0.2, 0.25) is 0 Å². The van der Waals surface area contributed by atoms with Gasteiger partial charge in [0.25, 0.3) is 0 Å². The number of methoxy groups -OCH3 is 1. The first kappa shape index (κ1) is 18.8. The molecule has 4 aromatic rings. The molecule has 0 atom stereocenters. The van der Waals surface area contributed by atoms with Gasteiger partial charge < -0.3 is 20.1 Å². The average molecular weight is 407 g/mol. The van der Waals surface area contributed by atoms with Gasteiger partial charge in [-0.3, -0.25) is 4.40 Å². The molecule has 5 rings (SSSR count). The molecule has 1 saturated carbocycles. The van der Waals surface area contributed by atoms with Crippen LogP contribution in [0.1, 0.15) is 39.0 Å². The number of anilines is 1. The van der Waals surface area contributed by atoms with E-state index in [0.717, 1.165) is 54.3 Å². The van der Waals surface area contributed by atoms with E-state index >= 15 is 0 Å². The van der Waals surface area contributed by atoms with Crippen molar-refractivity contribution in [3.05, 3.63) is 30.9 Å². The molecule has 0 saturated heterocycles. The number of hydrogen-bond donors (Lipinski definition) is 3. The third-order valence-corrected chi connectivity index (χ3v) is 6.20. The van der Waals surface area contributed by atoms with Gasteiger partial charge in [0.1, 0.15) is 12.0 Å². The van der Waals surface area contributed by atoms with E-state index in [0.29, 0.717) is 17.5 Å². The molecule has 30 heavy (non-hydrogen) atoms. The maximum absolute atomic E-state index is 10.5. The zero-order chi connectivity index (χ0) is 20.7. The molecule has 0 radical (unpaired) electrons. The van der Waals surface area contributed by atoms with Crippen molar-refractivity contribution in [3.8, 4) is 17.0 Å². The van der Waals surface area contributed by atoms with Gasteiger partial charge in [-0.25, -0.2) is 0 Å². The lowest BCUT2D eigenvalue weighted by atomic mass is 9.80. The van der Waals surface area contributed by atoms with Crippen molar-refractivity contribution in [1.29, 1.82) is 0 Å². The molecular weight excluding hydrogens is 382 g/mol. The standard InChI is InChI=1S/C21H25N7O2/c1-3-21(29)8-6-14(7-9-21)24-20-25-18-17(19(26-20)30-2)15(10-22-18)13-4-5-16-27-23-12-28(16)11-13/h4-5,10-12,14,29H,3,6-9H2,1-2H3,(H2,22,24,25,26)/t14-,21+. The van der Waals surface area contributed by atoms with Crippen molar-refractivity contribution >= 4 is 22.6 Å². The van der Waals surface area contributed by atoms with Gasteiger partial charge in [0.05, 0.1) is 18.1 Å². The lowest BCUT2D eigenvalue weighted by Gasteiger charge is -2.35. The van der Waals surface area contributed by atoms with Crippen molar-refractivity contribution in [2.45, 2.75) is 50.7 Å². The van der Waals surface area contributed by atoms with E-state index in [-0.39, 0.29) is 6.04 Å². The number of nitrogens with one attached hydrogen (secondary N) is 2. The van der Waals surface area contributed by atoms with E-state index in [2.05, 4.69) is 30.5 Å². The highest BCUT2D eigenvalue weighted by Gasteiger charge is 2.31. The average Bonchev–Trinajstić information content (AvgIpc) is 3.41.